The molecule has 0 saturated heterocycles. The highest BCUT2D eigenvalue weighted by molar-refractivity contribution is 5.85. The molecule has 1 atom stereocenters. The van der Waals surface area contributed by atoms with E-state index in [0.29, 0.717) is 11.5 Å². The number of phenolic OH excluding ortho intramolecular Hbond substituents is 1. The number of phenols is 1. The molecule has 4 rings (SSSR count). The highest BCUT2D eigenvalue weighted by atomic mass is 16.5. The molecule has 23 heavy (non-hydrogen) atoms. The van der Waals surface area contributed by atoms with Gasteiger partial charge in [-0.25, -0.2) is 0 Å². The van der Waals surface area contributed by atoms with Gasteiger partial charge in [0.25, 0.3) is 0 Å². The van der Waals surface area contributed by atoms with E-state index in [9.17, 15) is 5.11 Å². The summed E-state index contributed by atoms with van der Waals surface area (Å²) in [6.07, 6.45) is 1.86. The Balaban J connectivity index is 2.12. The van der Waals surface area contributed by atoms with Crippen LogP contribution in [0.1, 0.15) is 22.7 Å². The number of rotatable bonds is 2. The lowest BCUT2D eigenvalue weighted by atomic mass is 9.76. The lowest BCUT2D eigenvalue weighted by Crippen LogP contribution is -2.35. The molecule has 0 fully saturated rings. The Hall–Kier alpha value is -2.20. The van der Waals surface area contributed by atoms with E-state index in [-0.39, 0.29) is 11.8 Å². The van der Waals surface area contributed by atoms with E-state index in [1.54, 1.807) is 14.2 Å². The first-order valence-electron chi connectivity index (χ1n) is 7.95. The van der Waals surface area contributed by atoms with Crippen LogP contribution >= 0.6 is 0 Å². The zero-order chi connectivity index (χ0) is 16.1. The van der Waals surface area contributed by atoms with Crippen LogP contribution in [-0.2, 0) is 12.8 Å². The molecule has 0 bridgehead atoms. The van der Waals surface area contributed by atoms with Crippen molar-refractivity contribution in [1.82, 2.24) is 4.90 Å². The smallest absolute Gasteiger partial charge is 0.204 e. The molecule has 2 aromatic carbocycles. The van der Waals surface area contributed by atoms with E-state index in [4.69, 9.17) is 9.47 Å². The van der Waals surface area contributed by atoms with E-state index in [2.05, 4.69) is 30.1 Å². The molecule has 0 amide bonds. The molecule has 2 aromatic rings. The minimum atomic E-state index is 0.190. The number of likely N-dealkylation sites (N-methyl/N-ethyl adjacent to an activating group) is 1. The third-order valence-corrected chi connectivity index (χ3v) is 5.21. The van der Waals surface area contributed by atoms with Gasteiger partial charge in [0, 0.05) is 23.7 Å². The number of hydrogen-bond donors (Lipinski definition) is 1. The number of ether oxygens (including phenoxy) is 2. The van der Waals surface area contributed by atoms with Crippen molar-refractivity contribution in [2.75, 3.05) is 27.8 Å². The fourth-order valence-corrected chi connectivity index (χ4v) is 4.13. The zero-order valence-electron chi connectivity index (χ0n) is 13.7. The maximum atomic E-state index is 10.9. The molecule has 0 aromatic heterocycles. The van der Waals surface area contributed by atoms with Gasteiger partial charge >= 0.3 is 0 Å². The molecule has 1 aliphatic carbocycles. The first kappa shape index (κ1) is 14.4. The van der Waals surface area contributed by atoms with Crippen molar-refractivity contribution in [1.29, 1.82) is 0 Å². The Morgan fingerprint density at radius 1 is 1.13 bits per heavy atom. The molecule has 1 heterocycles. The SMILES string of the molecule is COc1c(O)c2c3c(c1OC)CCN(C)[C@H]3Cc1ccccc1-2. The number of fused-ring (bicyclic) bond motifs is 2. The van der Waals surface area contributed by atoms with E-state index in [1.165, 1.54) is 16.7 Å². The van der Waals surface area contributed by atoms with E-state index in [1.807, 2.05) is 6.07 Å². The summed E-state index contributed by atoms with van der Waals surface area (Å²) in [5, 5.41) is 10.9. The van der Waals surface area contributed by atoms with Gasteiger partial charge < -0.3 is 14.6 Å². The van der Waals surface area contributed by atoms with Crippen LogP contribution in [0.4, 0.5) is 0 Å². The van der Waals surface area contributed by atoms with Gasteiger partial charge in [-0.3, -0.25) is 4.90 Å². The van der Waals surface area contributed by atoms with Crippen molar-refractivity contribution in [2.24, 2.45) is 0 Å². The van der Waals surface area contributed by atoms with Gasteiger partial charge in [-0.1, -0.05) is 24.3 Å². The number of hydrogen-bond acceptors (Lipinski definition) is 4. The van der Waals surface area contributed by atoms with Crippen molar-refractivity contribution in [3.63, 3.8) is 0 Å². The first-order chi connectivity index (χ1) is 11.2. The van der Waals surface area contributed by atoms with Gasteiger partial charge in [0.05, 0.1) is 14.2 Å². The maximum absolute atomic E-state index is 10.9. The van der Waals surface area contributed by atoms with Crippen molar-refractivity contribution < 1.29 is 14.6 Å². The summed E-state index contributed by atoms with van der Waals surface area (Å²) in [4.78, 5) is 2.37. The summed E-state index contributed by atoms with van der Waals surface area (Å²) >= 11 is 0. The minimum absolute atomic E-state index is 0.190. The molecule has 0 radical (unpaired) electrons. The standard InChI is InChI=1S/C19H21NO3/c1-20-9-8-13-15-14(20)10-11-6-4-5-7-12(11)16(15)17(21)19(23-3)18(13)22-2/h4-7,14,21H,8-10H2,1-3H3/t14-/m0/s1. The van der Waals surface area contributed by atoms with Gasteiger partial charge in [-0.2, -0.15) is 0 Å². The third-order valence-electron chi connectivity index (χ3n) is 5.21. The Labute approximate surface area is 136 Å². The highest BCUT2D eigenvalue weighted by Gasteiger charge is 2.38. The predicted molar refractivity (Wildman–Crippen MR) is 89.4 cm³/mol. The molecule has 1 aliphatic heterocycles. The van der Waals surface area contributed by atoms with Gasteiger partial charge in [0.2, 0.25) is 5.75 Å². The molecular formula is C19H21NO3. The van der Waals surface area contributed by atoms with Crippen LogP contribution in [0.5, 0.6) is 17.2 Å². The molecule has 2 aliphatic rings. The summed E-state index contributed by atoms with van der Waals surface area (Å²) in [6, 6.07) is 8.59. The third kappa shape index (κ3) is 1.88. The normalized spacial score (nSPS) is 19.0. The van der Waals surface area contributed by atoms with Gasteiger partial charge in [-0.15, -0.1) is 0 Å². The van der Waals surface area contributed by atoms with Crippen LogP contribution < -0.4 is 9.47 Å². The Morgan fingerprint density at radius 3 is 2.61 bits per heavy atom. The van der Waals surface area contributed by atoms with Crippen LogP contribution in [0.15, 0.2) is 24.3 Å². The van der Waals surface area contributed by atoms with Crippen LogP contribution in [0, 0.1) is 0 Å². The summed E-state index contributed by atoms with van der Waals surface area (Å²) in [5.74, 6) is 1.32. The molecular weight excluding hydrogens is 290 g/mol. The van der Waals surface area contributed by atoms with Gasteiger partial charge in [0.1, 0.15) is 0 Å². The second kappa shape index (κ2) is 5.17. The Morgan fingerprint density at radius 2 is 1.87 bits per heavy atom. The molecule has 0 spiro atoms. The predicted octanol–water partition coefficient (Wildman–Crippen LogP) is 3.16. The topological polar surface area (TPSA) is 41.9 Å². The van der Waals surface area contributed by atoms with E-state index in [0.717, 1.165) is 30.5 Å². The fraction of sp³-hybridized carbons (Fsp3) is 0.368. The lowest BCUT2D eigenvalue weighted by molar-refractivity contribution is 0.222. The van der Waals surface area contributed by atoms with Crippen LogP contribution in [-0.4, -0.2) is 37.8 Å². The van der Waals surface area contributed by atoms with Crippen LogP contribution in [0.2, 0.25) is 0 Å². The fourth-order valence-electron chi connectivity index (χ4n) is 4.13. The van der Waals surface area contributed by atoms with Crippen molar-refractivity contribution >= 4 is 0 Å². The van der Waals surface area contributed by atoms with Gasteiger partial charge in [0.15, 0.2) is 11.5 Å². The van der Waals surface area contributed by atoms with Crippen molar-refractivity contribution in [3.8, 4) is 28.4 Å². The van der Waals surface area contributed by atoms with Gasteiger partial charge in [-0.05, 0) is 36.6 Å². The largest absolute Gasteiger partial charge is 0.504 e. The van der Waals surface area contributed by atoms with Crippen molar-refractivity contribution in [3.05, 3.63) is 41.0 Å². The highest BCUT2D eigenvalue weighted by Crippen LogP contribution is 2.56. The zero-order valence-corrected chi connectivity index (χ0v) is 13.7. The Kier molecular flexibility index (Phi) is 3.23. The average molecular weight is 311 g/mol. The average Bonchev–Trinajstić information content (AvgIpc) is 2.58. The number of aromatic hydroxyl groups is 1. The monoisotopic (exact) mass is 311 g/mol. The van der Waals surface area contributed by atoms with Crippen molar-refractivity contribution in [2.45, 2.75) is 18.9 Å². The number of nitrogens with zero attached hydrogens (tertiary/aromatic N) is 1. The second-order valence-corrected chi connectivity index (χ2v) is 6.29. The summed E-state index contributed by atoms with van der Waals surface area (Å²) in [7, 11) is 5.38. The quantitative estimate of drug-likeness (QED) is 0.925. The minimum Gasteiger partial charge on any atom is -0.504 e. The molecule has 1 N–H and O–H groups in total. The maximum Gasteiger partial charge on any atom is 0.204 e. The molecule has 120 valence electrons. The molecule has 0 saturated carbocycles. The summed E-state index contributed by atoms with van der Waals surface area (Å²) in [5.41, 5.74) is 5.67. The summed E-state index contributed by atoms with van der Waals surface area (Å²) in [6.45, 7) is 0.976. The van der Waals surface area contributed by atoms with Crippen LogP contribution in [0.3, 0.4) is 0 Å². The molecule has 0 unspecified atom stereocenters. The van der Waals surface area contributed by atoms with E-state index < -0.39 is 0 Å². The first-order valence-corrected chi connectivity index (χ1v) is 7.95. The second-order valence-electron chi connectivity index (χ2n) is 6.29. The number of methoxy groups -OCH3 is 2. The van der Waals surface area contributed by atoms with Crippen LogP contribution in [0.25, 0.3) is 11.1 Å². The number of benzene rings is 2. The lowest BCUT2D eigenvalue weighted by Gasteiger charge is -2.40. The molecule has 4 nitrogen and oxygen atoms in total. The van der Waals surface area contributed by atoms with E-state index >= 15 is 0 Å². The molecule has 4 heteroatoms. The summed E-state index contributed by atoms with van der Waals surface area (Å²) < 4.78 is 11.1. The Bertz CT molecular complexity index is 785.